The van der Waals surface area contributed by atoms with Crippen LogP contribution in [0.15, 0.2) is 35.4 Å². The van der Waals surface area contributed by atoms with Crippen LogP contribution >= 0.6 is 0 Å². The van der Waals surface area contributed by atoms with Gasteiger partial charge in [-0.3, -0.25) is 4.79 Å². The van der Waals surface area contributed by atoms with E-state index < -0.39 is 35.4 Å². The van der Waals surface area contributed by atoms with Crippen molar-refractivity contribution in [3.05, 3.63) is 35.4 Å². The van der Waals surface area contributed by atoms with Crippen LogP contribution in [0.1, 0.15) is 19.8 Å². The summed E-state index contributed by atoms with van der Waals surface area (Å²) in [4.78, 5) is 11.1. The van der Waals surface area contributed by atoms with Crippen molar-refractivity contribution >= 4 is 5.97 Å². The minimum absolute atomic E-state index is 0.0750. The monoisotopic (exact) mass is 250 g/mol. The van der Waals surface area contributed by atoms with Gasteiger partial charge < -0.3 is 4.74 Å². The van der Waals surface area contributed by atoms with E-state index in [0.717, 1.165) is 0 Å². The Balaban J connectivity index is 3.02. The molecule has 0 bridgehead atoms. The van der Waals surface area contributed by atoms with Crippen molar-refractivity contribution in [1.82, 2.24) is 0 Å². The predicted molar refractivity (Wildman–Crippen MR) is 52.4 cm³/mol. The second-order valence-electron chi connectivity index (χ2n) is 3.32. The summed E-state index contributed by atoms with van der Waals surface area (Å²) >= 11 is 0. The Bertz CT molecular complexity index is 410. The number of carbonyl (C=O) groups is 1. The minimum atomic E-state index is -2.39. The van der Waals surface area contributed by atoms with Gasteiger partial charge in [0.2, 0.25) is 11.6 Å². The molecule has 1 atom stereocenters. The van der Waals surface area contributed by atoms with Crippen LogP contribution in [0.25, 0.3) is 0 Å². The van der Waals surface area contributed by atoms with Crippen LogP contribution in [0.4, 0.5) is 17.6 Å². The van der Waals surface area contributed by atoms with Crippen LogP contribution < -0.4 is 0 Å². The molecule has 6 heteroatoms. The molecule has 0 aliphatic heterocycles. The van der Waals surface area contributed by atoms with Gasteiger partial charge in [-0.15, -0.1) is 0 Å². The molecular weight excluding hydrogens is 240 g/mol. The molecule has 1 aliphatic carbocycles. The van der Waals surface area contributed by atoms with Gasteiger partial charge in [0.25, 0.3) is 0 Å². The lowest BCUT2D eigenvalue weighted by Crippen LogP contribution is -2.07. The molecule has 0 saturated carbocycles. The largest absolute Gasteiger partial charge is 0.420 e. The van der Waals surface area contributed by atoms with Crippen molar-refractivity contribution in [2.45, 2.75) is 25.9 Å². The van der Waals surface area contributed by atoms with Crippen molar-refractivity contribution in [3.8, 4) is 0 Å². The predicted octanol–water partition coefficient (Wildman–Crippen LogP) is 3.57. The fourth-order valence-corrected chi connectivity index (χ4v) is 1.13. The van der Waals surface area contributed by atoms with Gasteiger partial charge in [-0.25, -0.2) is 13.2 Å². The van der Waals surface area contributed by atoms with Crippen LogP contribution in [-0.4, -0.2) is 12.1 Å². The number of esters is 1. The lowest BCUT2D eigenvalue weighted by molar-refractivity contribution is -0.139. The van der Waals surface area contributed by atoms with Crippen molar-refractivity contribution in [1.29, 1.82) is 0 Å². The third kappa shape index (κ3) is 3.18. The highest BCUT2D eigenvalue weighted by Gasteiger charge is 2.27. The normalized spacial score (nSPS) is 20.6. The number of hydrogen-bond donors (Lipinski definition) is 0. The molecule has 0 radical (unpaired) electrons. The van der Waals surface area contributed by atoms with E-state index in [0.29, 0.717) is 18.6 Å². The third-order valence-corrected chi connectivity index (χ3v) is 1.95. The fraction of sp³-hybridized carbons (Fsp3) is 0.364. The Morgan fingerprint density at radius 2 is 2.06 bits per heavy atom. The van der Waals surface area contributed by atoms with Crippen molar-refractivity contribution in [2.24, 2.45) is 0 Å². The van der Waals surface area contributed by atoms with E-state index in [4.69, 9.17) is 0 Å². The summed E-state index contributed by atoms with van der Waals surface area (Å²) in [5.41, 5.74) is 0. The summed E-state index contributed by atoms with van der Waals surface area (Å²) < 4.78 is 56.6. The Kier molecular flexibility index (Phi) is 4.48. The number of allylic oxidation sites excluding steroid dienone is 5. The maximum Gasteiger partial charge on any atom is 0.311 e. The number of alkyl halides is 1. The van der Waals surface area contributed by atoms with Gasteiger partial charge in [0, 0.05) is 6.42 Å². The summed E-state index contributed by atoms with van der Waals surface area (Å²) in [5, 5.41) is 0. The van der Waals surface area contributed by atoms with Crippen LogP contribution in [0.5, 0.6) is 0 Å². The number of carbonyl (C=O) groups excluding carboxylic acids is 1. The van der Waals surface area contributed by atoms with Crippen LogP contribution in [0.3, 0.4) is 0 Å². The van der Waals surface area contributed by atoms with Gasteiger partial charge in [-0.1, -0.05) is 6.92 Å². The SMILES string of the molecule is CCCC(=O)OC1=C(F)C=CC(F)C(F)=C1F. The van der Waals surface area contributed by atoms with E-state index in [-0.39, 0.29) is 6.42 Å². The zero-order chi connectivity index (χ0) is 13.0. The molecule has 0 aromatic rings. The number of ether oxygens (including phenoxy) is 1. The lowest BCUT2D eigenvalue weighted by atomic mass is 10.3. The van der Waals surface area contributed by atoms with E-state index in [1.807, 2.05) is 0 Å². The molecule has 2 nitrogen and oxygen atoms in total. The summed E-state index contributed by atoms with van der Waals surface area (Å²) in [6.07, 6.45) is -1.04. The van der Waals surface area contributed by atoms with Crippen molar-refractivity contribution < 1.29 is 27.1 Å². The zero-order valence-corrected chi connectivity index (χ0v) is 8.97. The molecular formula is C11H10F4O2. The molecule has 17 heavy (non-hydrogen) atoms. The first kappa shape index (κ1) is 13.5. The second kappa shape index (κ2) is 5.65. The van der Waals surface area contributed by atoms with E-state index in [2.05, 4.69) is 4.74 Å². The van der Waals surface area contributed by atoms with Crippen molar-refractivity contribution in [2.75, 3.05) is 0 Å². The molecule has 0 spiro atoms. The summed E-state index contributed by atoms with van der Waals surface area (Å²) in [6, 6.07) is 0. The van der Waals surface area contributed by atoms with Crippen LogP contribution in [-0.2, 0) is 9.53 Å². The highest BCUT2D eigenvalue weighted by Crippen LogP contribution is 2.30. The first-order valence-electron chi connectivity index (χ1n) is 4.95. The Hall–Kier alpha value is -1.59. The first-order valence-corrected chi connectivity index (χ1v) is 4.95. The zero-order valence-electron chi connectivity index (χ0n) is 8.97. The average Bonchev–Trinajstić information content (AvgIpc) is 2.37. The fourth-order valence-electron chi connectivity index (χ4n) is 1.13. The van der Waals surface area contributed by atoms with Gasteiger partial charge >= 0.3 is 5.97 Å². The van der Waals surface area contributed by atoms with E-state index in [1.54, 1.807) is 6.92 Å². The summed E-state index contributed by atoms with van der Waals surface area (Å²) in [7, 11) is 0. The molecule has 1 aliphatic rings. The Labute approximate surface area is 95.3 Å². The Morgan fingerprint density at radius 3 is 2.65 bits per heavy atom. The third-order valence-electron chi connectivity index (χ3n) is 1.95. The summed E-state index contributed by atoms with van der Waals surface area (Å²) in [6.45, 7) is 1.66. The molecule has 0 fully saturated rings. The van der Waals surface area contributed by atoms with Gasteiger partial charge in [0.05, 0.1) is 0 Å². The topological polar surface area (TPSA) is 26.3 Å². The molecule has 0 heterocycles. The van der Waals surface area contributed by atoms with E-state index >= 15 is 0 Å². The Morgan fingerprint density at radius 1 is 1.41 bits per heavy atom. The maximum absolute atomic E-state index is 13.3. The number of hydrogen-bond acceptors (Lipinski definition) is 2. The van der Waals surface area contributed by atoms with Gasteiger partial charge in [0.15, 0.2) is 17.8 Å². The van der Waals surface area contributed by atoms with Gasteiger partial charge in [-0.2, -0.15) is 4.39 Å². The smallest absolute Gasteiger partial charge is 0.311 e. The van der Waals surface area contributed by atoms with Crippen molar-refractivity contribution in [3.63, 3.8) is 0 Å². The second-order valence-corrected chi connectivity index (χ2v) is 3.32. The molecule has 0 aromatic heterocycles. The number of halogens is 4. The standard InChI is InChI=1S/C11H10F4O2/c1-2-3-8(16)17-11-7(13)5-4-6(12)9(14)10(11)15/h4-6H,2-3H2,1H3. The average molecular weight is 250 g/mol. The minimum Gasteiger partial charge on any atom is -0.420 e. The number of rotatable bonds is 3. The van der Waals surface area contributed by atoms with Crippen LogP contribution in [0, 0.1) is 0 Å². The maximum atomic E-state index is 13.3. The van der Waals surface area contributed by atoms with Crippen LogP contribution in [0.2, 0.25) is 0 Å². The highest BCUT2D eigenvalue weighted by atomic mass is 19.2. The summed E-state index contributed by atoms with van der Waals surface area (Å²) in [5.74, 6) is -7.09. The molecule has 1 rings (SSSR count). The molecule has 0 saturated heterocycles. The lowest BCUT2D eigenvalue weighted by Gasteiger charge is -2.06. The van der Waals surface area contributed by atoms with Gasteiger partial charge in [0.1, 0.15) is 0 Å². The quantitative estimate of drug-likeness (QED) is 0.565. The first-order chi connectivity index (χ1) is 7.97. The van der Waals surface area contributed by atoms with Gasteiger partial charge in [-0.05, 0) is 18.6 Å². The molecule has 1 unspecified atom stereocenters. The van der Waals surface area contributed by atoms with E-state index in [9.17, 15) is 22.4 Å². The highest BCUT2D eigenvalue weighted by molar-refractivity contribution is 5.71. The molecule has 94 valence electrons. The molecule has 0 N–H and O–H groups in total. The molecule has 0 aromatic carbocycles. The van der Waals surface area contributed by atoms with E-state index in [1.165, 1.54) is 0 Å². The molecule has 0 amide bonds.